The molecule has 4 heteroatoms. The van der Waals surface area contributed by atoms with E-state index in [4.69, 9.17) is 5.11 Å². The Balaban J connectivity index is 2.41. The van der Waals surface area contributed by atoms with Crippen LogP contribution in [0.25, 0.3) is 0 Å². The van der Waals surface area contributed by atoms with Gasteiger partial charge in [-0.15, -0.1) is 0 Å². The molecule has 1 saturated heterocycles. The van der Waals surface area contributed by atoms with Crippen LogP contribution < -0.4 is 5.32 Å². The van der Waals surface area contributed by atoms with Crippen molar-refractivity contribution in [3.05, 3.63) is 0 Å². The molecular formula is C13H26N2O2. The van der Waals surface area contributed by atoms with E-state index >= 15 is 0 Å². The molecule has 0 aromatic rings. The van der Waals surface area contributed by atoms with Crippen LogP contribution >= 0.6 is 0 Å². The molecule has 0 spiro atoms. The molecule has 1 rings (SSSR count). The summed E-state index contributed by atoms with van der Waals surface area (Å²) in [5.41, 5.74) is 0.466. The molecule has 4 nitrogen and oxygen atoms in total. The molecule has 100 valence electrons. The van der Waals surface area contributed by atoms with Gasteiger partial charge in [-0.1, -0.05) is 27.2 Å². The first-order valence-corrected chi connectivity index (χ1v) is 6.69. The molecular weight excluding hydrogens is 216 g/mol. The Hall–Kier alpha value is -0.610. The van der Waals surface area contributed by atoms with E-state index in [0.717, 1.165) is 13.1 Å². The van der Waals surface area contributed by atoms with Crippen LogP contribution in [0.2, 0.25) is 0 Å². The number of aliphatic carboxylic acids is 1. The zero-order valence-electron chi connectivity index (χ0n) is 11.3. The zero-order chi connectivity index (χ0) is 12.9. The van der Waals surface area contributed by atoms with Gasteiger partial charge in [0.15, 0.2) is 0 Å². The number of carbonyl (C=O) groups is 1. The second-order valence-electron chi connectivity index (χ2n) is 5.41. The molecule has 1 unspecified atom stereocenters. The summed E-state index contributed by atoms with van der Waals surface area (Å²) in [5, 5.41) is 12.1. The van der Waals surface area contributed by atoms with Crippen LogP contribution in [0.3, 0.4) is 0 Å². The van der Waals surface area contributed by atoms with E-state index in [2.05, 4.69) is 24.1 Å². The molecule has 0 bridgehead atoms. The standard InChI is InChI=1S/C13H26N2O2/c1-4-13(3)6-8-15(9-7-13)10-11(12(16)17)14-5-2/h11,14H,4-10H2,1-3H3,(H,16,17). The van der Waals surface area contributed by atoms with Gasteiger partial charge >= 0.3 is 5.97 Å². The Bertz CT molecular complexity index is 248. The normalized spacial score (nSPS) is 22.3. The molecule has 0 aliphatic carbocycles. The maximum atomic E-state index is 11.1. The Morgan fingerprint density at radius 2 is 2.00 bits per heavy atom. The quantitative estimate of drug-likeness (QED) is 0.742. The van der Waals surface area contributed by atoms with Crippen LogP contribution in [-0.2, 0) is 4.79 Å². The summed E-state index contributed by atoms with van der Waals surface area (Å²) in [7, 11) is 0. The molecule has 0 radical (unpaired) electrons. The van der Waals surface area contributed by atoms with Crippen LogP contribution in [-0.4, -0.2) is 48.2 Å². The van der Waals surface area contributed by atoms with E-state index in [1.807, 2.05) is 6.92 Å². The van der Waals surface area contributed by atoms with Gasteiger partial charge < -0.3 is 15.3 Å². The number of likely N-dealkylation sites (tertiary alicyclic amines) is 1. The lowest BCUT2D eigenvalue weighted by molar-refractivity contribution is -0.140. The van der Waals surface area contributed by atoms with Crippen LogP contribution in [0.4, 0.5) is 0 Å². The molecule has 0 aromatic carbocycles. The van der Waals surface area contributed by atoms with Crippen LogP contribution in [0.15, 0.2) is 0 Å². The Labute approximate surface area is 104 Å². The molecule has 0 aromatic heterocycles. The van der Waals surface area contributed by atoms with Crippen molar-refractivity contribution < 1.29 is 9.90 Å². The first kappa shape index (κ1) is 14.5. The van der Waals surface area contributed by atoms with E-state index in [-0.39, 0.29) is 0 Å². The van der Waals surface area contributed by atoms with Gasteiger partial charge in [0.1, 0.15) is 6.04 Å². The summed E-state index contributed by atoms with van der Waals surface area (Å²) < 4.78 is 0. The van der Waals surface area contributed by atoms with Crippen molar-refractivity contribution in [1.82, 2.24) is 10.2 Å². The number of rotatable bonds is 6. The minimum atomic E-state index is -0.740. The number of likely N-dealkylation sites (N-methyl/N-ethyl adjacent to an activating group) is 1. The lowest BCUT2D eigenvalue weighted by atomic mass is 9.78. The van der Waals surface area contributed by atoms with Crippen molar-refractivity contribution in [3.63, 3.8) is 0 Å². The van der Waals surface area contributed by atoms with Gasteiger partial charge in [0.25, 0.3) is 0 Å². The third-order valence-corrected chi connectivity index (χ3v) is 4.11. The summed E-state index contributed by atoms with van der Waals surface area (Å²) in [6.45, 7) is 9.91. The second-order valence-corrected chi connectivity index (χ2v) is 5.41. The van der Waals surface area contributed by atoms with Crippen LogP contribution in [0.1, 0.15) is 40.0 Å². The number of nitrogens with one attached hydrogen (secondary N) is 1. The van der Waals surface area contributed by atoms with E-state index in [0.29, 0.717) is 18.5 Å². The molecule has 0 amide bonds. The average Bonchev–Trinajstić information content (AvgIpc) is 2.31. The van der Waals surface area contributed by atoms with E-state index in [9.17, 15) is 4.79 Å². The first-order valence-electron chi connectivity index (χ1n) is 6.69. The van der Waals surface area contributed by atoms with Crippen molar-refractivity contribution in [2.24, 2.45) is 5.41 Å². The molecule has 1 heterocycles. The number of carboxylic acid groups (broad SMARTS) is 1. The zero-order valence-corrected chi connectivity index (χ0v) is 11.3. The van der Waals surface area contributed by atoms with E-state index in [1.165, 1.54) is 19.3 Å². The van der Waals surface area contributed by atoms with Crippen molar-refractivity contribution in [2.75, 3.05) is 26.2 Å². The third-order valence-electron chi connectivity index (χ3n) is 4.11. The Morgan fingerprint density at radius 3 is 2.41 bits per heavy atom. The molecule has 1 aliphatic heterocycles. The van der Waals surface area contributed by atoms with Gasteiger partial charge in [0.05, 0.1) is 0 Å². The molecule has 1 fully saturated rings. The van der Waals surface area contributed by atoms with Crippen molar-refractivity contribution in [3.8, 4) is 0 Å². The highest BCUT2D eigenvalue weighted by molar-refractivity contribution is 5.73. The summed E-state index contributed by atoms with van der Waals surface area (Å²) in [6, 6.07) is -0.425. The maximum Gasteiger partial charge on any atom is 0.322 e. The lowest BCUT2D eigenvalue weighted by Crippen LogP contribution is -2.49. The predicted octanol–water partition coefficient (Wildman–Crippen LogP) is 1.56. The highest BCUT2D eigenvalue weighted by atomic mass is 16.4. The number of hydrogen-bond donors (Lipinski definition) is 2. The van der Waals surface area contributed by atoms with Gasteiger partial charge in [-0.3, -0.25) is 4.79 Å². The summed E-state index contributed by atoms with van der Waals surface area (Å²) in [4.78, 5) is 13.3. The third kappa shape index (κ3) is 4.28. The number of piperidine rings is 1. The SMILES string of the molecule is CCNC(CN1CCC(C)(CC)CC1)C(=O)O. The van der Waals surface area contributed by atoms with Crippen molar-refractivity contribution >= 4 is 5.97 Å². The number of carboxylic acids is 1. The lowest BCUT2D eigenvalue weighted by Gasteiger charge is -2.39. The number of nitrogens with zero attached hydrogens (tertiary/aromatic N) is 1. The van der Waals surface area contributed by atoms with Crippen LogP contribution in [0, 0.1) is 5.41 Å². The summed E-state index contributed by atoms with van der Waals surface area (Å²) >= 11 is 0. The van der Waals surface area contributed by atoms with Crippen molar-refractivity contribution in [1.29, 1.82) is 0 Å². The van der Waals surface area contributed by atoms with Crippen LogP contribution in [0.5, 0.6) is 0 Å². The predicted molar refractivity (Wildman–Crippen MR) is 69.2 cm³/mol. The minimum absolute atomic E-state index is 0.425. The second kappa shape index (κ2) is 6.36. The van der Waals surface area contributed by atoms with E-state index < -0.39 is 12.0 Å². The Kier molecular flexibility index (Phi) is 5.40. The molecule has 2 N–H and O–H groups in total. The summed E-state index contributed by atoms with van der Waals surface area (Å²) in [6.07, 6.45) is 3.58. The van der Waals surface area contributed by atoms with Gasteiger partial charge in [-0.05, 0) is 37.9 Å². The molecule has 1 aliphatic rings. The number of hydrogen-bond acceptors (Lipinski definition) is 3. The topological polar surface area (TPSA) is 52.6 Å². The van der Waals surface area contributed by atoms with Gasteiger partial charge in [0.2, 0.25) is 0 Å². The van der Waals surface area contributed by atoms with E-state index in [1.54, 1.807) is 0 Å². The van der Waals surface area contributed by atoms with Gasteiger partial charge in [-0.25, -0.2) is 0 Å². The highest BCUT2D eigenvalue weighted by Crippen LogP contribution is 2.33. The fourth-order valence-corrected chi connectivity index (χ4v) is 2.36. The monoisotopic (exact) mass is 242 g/mol. The molecule has 0 saturated carbocycles. The fraction of sp³-hybridized carbons (Fsp3) is 0.923. The molecule has 17 heavy (non-hydrogen) atoms. The first-order chi connectivity index (χ1) is 8.00. The molecule has 1 atom stereocenters. The average molecular weight is 242 g/mol. The maximum absolute atomic E-state index is 11.1. The largest absolute Gasteiger partial charge is 0.480 e. The summed E-state index contributed by atoms with van der Waals surface area (Å²) in [5.74, 6) is -0.740. The van der Waals surface area contributed by atoms with Gasteiger partial charge in [-0.2, -0.15) is 0 Å². The smallest absolute Gasteiger partial charge is 0.322 e. The van der Waals surface area contributed by atoms with Gasteiger partial charge in [0, 0.05) is 6.54 Å². The minimum Gasteiger partial charge on any atom is -0.480 e. The Morgan fingerprint density at radius 1 is 1.41 bits per heavy atom. The highest BCUT2D eigenvalue weighted by Gasteiger charge is 2.30. The van der Waals surface area contributed by atoms with Crippen molar-refractivity contribution in [2.45, 2.75) is 46.1 Å². The fourth-order valence-electron chi connectivity index (χ4n) is 2.36.